The van der Waals surface area contributed by atoms with Crippen LogP contribution in [0.2, 0.25) is 0 Å². The van der Waals surface area contributed by atoms with Gasteiger partial charge in [0.1, 0.15) is 12.4 Å². The van der Waals surface area contributed by atoms with E-state index < -0.39 is 0 Å². The van der Waals surface area contributed by atoms with Gasteiger partial charge in [0.15, 0.2) is 0 Å². The van der Waals surface area contributed by atoms with Gasteiger partial charge < -0.3 is 14.8 Å². The molecule has 0 saturated carbocycles. The summed E-state index contributed by atoms with van der Waals surface area (Å²) in [5.74, 6) is 0.351. The number of benzene rings is 2. The quantitative estimate of drug-likeness (QED) is 0.202. The molecule has 0 fully saturated rings. The predicted octanol–water partition coefficient (Wildman–Crippen LogP) is 6.09. The average molecular weight is 452 g/mol. The molecule has 0 aromatic heterocycles. The minimum atomic E-state index is -0.299. The van der Waals surface area contributed by atoms with E-state index in [4.69, 9.17) is 9.47 Å². The number of hydrogen-bond acceptors (Lipinski definition) is 4. The summed E-state index contributed by atoms with van der Waals surface area (Å²) in [5, 5.41) is 3.00. The van der Waals surface area contributed by atoms with E-state index in [1.54, 1.807) is 0 Å². The van der Waals surface area contributed by atoms with E-state index in [0.717, 1.165) is 29.7 Å². The molecule has 0 unspecified atom stereocenters. The van der Waals surface area contributed by atoms with Crippen molar-refractivity contribution < 1.29 is 19.1 Å². The molecule has 0 saturated heterocycles. The van der Waals surface area contributed by atoms with Gasteiger partial charge in [-0.1, -0.05) is 80.8 Å². The van der Waals surface area contributed by atoms with E-state index in [1.165, 1.54) is 26.4 Å². The second-order valence-corrected chi connectivity index (χ2v) is 8.11. The number of allylic oxidation sites excluding steroid dienone is 1. The van der Waals surface area contributed by atoms with Crippen molar-refractivity contribution >= 4 is 11.9 Å². The van der Waals surface area contributed by atoms with Gasteiger partial charge in [-0.3, -0.25) is 9.59 Å². The number of carbonyl (C=O) groups is 2. The monoisotopic (exact) mass is 451 g/mol. The third kappa shape index (κ3) is 10.9. The first-order valence-electron chi connectivity index (χ1n) is 11.9. The number of amides is 1. The zero-order valence-electron chi connectivity index (χ0n) is 19.9. The molecule has 5 heteroatoms. The molecule has 5 nitrogen and oxygen atoms in total. The van der Waals surface area contributed by atoms with Gasteiger partial charge in [0, 0.05) is 12.8 Å². The van der Waals surface area contributed by atoms with Crippen LogP contribution in [0.4, 0.5) is 0 Å². The molecule has 0 radical (unpaired) electrons. The molecule has 1 atom stereocenters. The van der Waals surface area contributed by atoms with Crippen LogP contribution in [0.25, 0.3) is 11.1 Å². The van der Waals surface area contributed by atoms with Crippen molar-refractivity contribution in [1.29, 1.82) is 0 Å². The van der Waals surface area contributed by atoms with E-state index in [1.807, 2.05) is 48.5 Å². The highest BCUT2D eigenvalue weighted by molar-refractivity contribution is 5.78. The zero-order valence-corrected chi connectivity index (χ0v) is 19.9. The fraction of sp³-hybridized carbons (Fsp3) is 0.429. The molecule has 0 heterocycles. The maximum atomic E-state index is 12.4. The van der Waals surface area contributed by atoms with Gasteiger partial charge in [-0.15, -0.1) is 0 Å². The van der Waals surface area contributed by atoms with E-state index in [0.29, 0.717) is 12.8 Å². The first-order chi connectivity index (χ1) is 16.1. The first kappa shape index (κ1) is 26.2. The van der Waals surface area contributed by atoms with Crippen LogP contribution in [0.15, 0.2) is 66.7 Å². The second kappa shape index (κ2) is 15.7. The molecule has 0 bridgehead atoms. The number of ether oxygens (including phenoxy) is 2. The molecule has 0 aliphatic rings. The molecular weight excluding hydrogens is 414 g/mol. The van der Waals surface area contributed by atoms with Crippen LogP contribution in [0.1, 0.15) is 58.3 Å². The fourth-order valence-electron chi connectivity index (χ4n) is 3.47. The highest BCUT2D eigenvalue weighted by Crippen LogP contribution is 2.23. The number of hydrogen-bond donors (Lipinski definition) is 1. The summed E-state index contributed by atoms with van der Waals surface area (Å²) in [4.78, 5) is 24.0. The van der Waals surface area contributed by atoms with Crippen LogP contribution in [0, 0.1) is 0 Å². The Hall–Kier alpha value is -3.08. The molecule has 178 valence electrons. The van der Waals surface area contributed by atoms with Gasteiger partial charge in [0.2, 0.25) is 5.91 Å². The Bertz CT molecular complexity index is 863. The summed E-state index contributed by atoms with van der Waals surface area (Å²) >= 11 is 0. The lowest BCUT2D eigenvalue weighted by molar-refractivity contribution is -0.141. The molecule has 1 N–H and O–H groups in total. The Morgan fingerprint density at radius 2 is 1.76 bits per heavy atom. The van der Waals surface area contributed by atoms with Gasteiger partial charge in [-0.25, -0.2) is 0 Å². The predicted molar refractivity (Wildman–Crippen MR) is 133 cm³/mol. The normalized spacial score (nSPS) is 11.8. The number of esters is 1. The van der Waals surface area contributed by atoms with Crippen molar-refractivity contribution in [2.45, 2.75) is 64.3 Å². The maximum Gasteiger partial charge on any atom is 0.305 e. The first-order valence-corrected chi connectivity index (χ1v) is 11.9. The Balaban J connectivity index is 1.89. The summed E-state index contributed by atoms with van der Waals surface area (Å²) in [6.07, 6.45) is 10.9. The maximum absolute atomic E-state index is 12.4. The average Bonchev–Trinajstić information content (AvgIpc) is 2.85. The van der Waals surface area contributed by atoms with Gasteiger partial charge in [-0.2, -0.15) is 0 Å². The van der Waals surface area contributed by atoms with E-state index in [2.05, 4.69) is 30.4 Å². The smallest absolute Gasteiger partial charge is 0.305 e. The Labute approximate surface area is 198 Å². The zero-order chi connectivity index (χ0) is 23.7. The summed E-state index contributed by atoms with van der Waals surface area (Å²) in [5.41, 5.74) is 2.17. The molecule has 0 aliphatic carbocycles. The lowest BCUT2D eigenvalue weighted by Crippen LogP contribution is -2.39. The molecule has 33 heavy (non-hydrogen) atoms. The third-order valence-corrected chi connectivity index (χ3v) is 5.38. The summed E-state index contributed by atoms with van der Waals surface area (Å²) in [6.45, 7) is 2.47. The number of carbonyl (C=O) groups excluding carboxylic acids is 2. The molecule has 2 rings (SSSR count). The van der Waals surface area contributed by atoms with Crippen molar-refractivity contribution in [2.75, 3.05) is 13.7 Å². The van der Waals surface area contributed by atoms with E-state index in [-0.39, 0.29) is 30.9 Å². The lowest BCUT2D eigenvalue weighted by Gasteiger charge is -2.19. The van der Waals surface area contributed by atoms with Crippen molar-refractivity contribution in [2.24, 2.45) is 0 Å². The van der Waals surface area contributed by atoms with Crippen molar-refractivity contribution in [1.82, 2.24) is 5.32 Å². The standard InChI is InChI=1S/C28H37NO4/c1-3-4-5-6-7-8-12-18-27(30)29-25(19-20-28(31)32-2)22-33-26-17-13-16-24(21-26)23-14-10-9-11-15-23/h8-17,21,25H,3-7,18-20,22H2,1-2H3,(H,29,30)/t25-/m0/s1. The summed E-state index contributed by atoms with van der Waals surface area (Å²) in [6, 6.07) is 17.7. The van der Waals surface area contributed by atoms with E-state index >= 15 is 0 Å². The molecule has 2 aromatic rings. The van der Waals surface area contributed by atoms with Crippen LogP contribution in [0.5, 0.6) is 5.75 Å². The van der Waals surface area contributed by atoms with Crippen molar-refractivity contribution in [3.63, 3.8) is 0 Å². The van der Waals surface area contributed by atoms with Gasteiger partial charge in [0.25, 0.3) is 0 Å². The molecule has 0 aliphatic heterocycles. The molecular formula is C28H37NO4. The van der Waals surface area contributed by atoms with E-state index in [9.17, 15) is 9.59 Å². The molecule has 0 spiro atoms. The number of methoxy groups -OCH3 is 1. The van der Waals surface area contributed by atoms with Gasteiger partial charge >= 0.3 is 5.97 Å². The SMILES string of the molecule is CCCCCCC=CCC(=O)N[C@@H](CCC(=O)OC)COc1cccc(-c2ccccc2)c1. The van der Waals surface area contributed by atoms with Crippen LogP contribution < -0.4 is 10.1 Å². The Morgan fingerprint density at radius 1 is 0.970 bits per heavy atom. The minimum Gasteiger partial charge on any atom is -0.491 e. The lowest BCUT2D eigenvalue weighted by atomic mass is 10.1. The number of unbranched alkanes of at least 4 members (excludes halogenated alkanes) is 4. The van der Waals surface area contributed by atoms with Crippen LogP contribution >= 0.6 is 0 Å². The van der Waals surface area contributed by atoms with Gasteiger partial charge in [0.05, 0.1) is 13.2 Å². The van der Waals surface area contributed by atoms with Gasteiger partial charge in [-0.05, 0) is 42.5 Å². The van der Waals surface area contributed by atoms with Crippen molar-refractivity contribution in [3.8, 4) is 16.9 Å². The second-order valence-electron chi connectivity index (χ2n) is 8.11. The number of nitrogens with one attached hydrogen (secondary N) is 1. The highest BCUT2D eigenvalue weighted by atomic mass is 16.5. The summed E-state index contributed by atoms with van der Waals surface area (Å²) < 4.78 is 10.7. The molecule has 1 amide bonds. The van der Waals surface area contributed by atoms with Crippen molar-refractivity contribution in [3.05, 3.63) is 66.7 Å². The highest BCUT2D eigenvalue weighted by Gasteiger charge is 2.15. The fourth-order valence-corrected chi connectivity index (χ4v) is 3.47. The largest absolute Gasteiger partial charge is 0.491 e. The summed E-state index contributed by atoms with van der Waals surface area (Å²) in [7, 11) is 1.37. The van der Waals surface area contributed by atoms with Crippen LogP contribution in [-0.4, -0.2) is 31.6 Å². The Kier molecular flexibility index (Phi) is 12.4. The van der Waals surface area contributed by atoms with Crippen LogP contribution in [-0.2, 0) is 14.3 Å². The molecule has 2 aromatic carbocycles. The number of rotatable bonds is 15. The van der Waals surface area contributed by atoms with Crippen LogP contribution in [0.3, 0.4) is 0 Å². The minimum absolute atomic E-state index is 0.0729. The third-order valence-electron chi connectivity index (χ3n) is 5.38. The Morgan fingerprint density at radius 3 is 2.52 bits per heavy atom. The topological polar surface area (TPSA) is 64.6 Å².